The molecule has 1 radical (unpaired) electrons. The van der Waals surface area contributed by atoms with E-state index in [4.69, 9.17) is 16.7 Å². The number of hydrogen-bond acceptors (Lipinski definition) is 1. The van der Waals surface area contributed by atoms with Gasteiger partial charge in [0.05, 0.1) is 5.56 Å². The first-order chi connectivity index (χ1) is 7.16. The first-order valence-corrected chi connectivity index (χ1v) is 5.33. The van der Waals surface area contributed by atoms with E-state index in [2.05, 4.69) is 6.42 Å². The molecule has 81 valence electrons. The van der Waals surface area contributed by atoms with Gasteiger partial charge in [-0.2, -0.15) is 0 Å². The Morgan fingerprint density at radius 2 is 2.27 bits per heavy atom. The summed E-state index contributed by atoms with van der Waals surface area (Å²) in [6, 6.07) is 5.00. The van der Waals surface area contributed by atoms with Crippen LogP contribution in [0, 0.1) is 6.42 Å². The number of unbranched alkanes of at least 4 members (excludes halogenated alkanes) is 2. The molecule has 0 aliphatic carbocycles. The third-order valence-electron chi connectivity index (χ3n) is 2.27. The van der Waals surface area contributed by atoms with E-state index in [9.17, 15) is 4.79 Å². The fraction of sp³-hybridized carbons (Fsp3) is 0.333. The van der Waals surface area contributed by atoms with Crippen LogP contribution in [0.3, 0.4) is 0 Å². The second kappa shape index (κ2) is 5.76. The van der Waals surface area contributed by atoms with Gasteiger partial charge in [-0.3, -0.25) is 0 Å². The number of rotatable bonds is 5. The number of carboxylic acids is 1. The molecule has 0 spiro atoms. The van der Waals surface area contributed by atoms with E-state index in [1.165, 1.54) is 0 Å². The Morgan fingerprint density at radius 1 is 1.53 bits per heavy atom. The summed E-state index contributed by atoms with van der Waals surface area (Å²) in [5, 5.41) is 9.53. The zero-order valence-corrected chi connectivity index (χ0v) is 9.42. The van der Waals surface area contributed by atoms with Crippen LogP contribution in [0.4, 0.5) is 0 Å². The Kier molecular flexibility index (Phi) is 4.63. The highest BCUT2D eigenvalue weighted by atomic mass is 35.5. The maximum Gasteiger partial charge on any atom is 0.336 e. The second-order valence-electron chi connectivity index (χ2n) is 3.37. The number of carbonyl (C=O) groups is 1. The van der Waals surface area contributed by atoms with Crippen molar-refractivity contribution >= 4 is 17.6 Å². The van der Waals surface area contributed by atoms with Crippen molar-refractivity contribution in [1.82, 2.24) is 0 Å². The first-order valence-electron chi connectivity index (χ1n) is 4.95. The number of hydrogen-bond donors (Lipinski definition) is 1. The molecule has 0 unspecified atom stereocenters. The summed E-state index contributed by atoms with van der Waals surface area (Å²) in [6.45, 7) is 1.99. The fourth-order valence-corrected chi connectivity index (χ4v) is 1.77. The molecule has 0 bridgehead atoms. The molecule has 1 N–H and O–H groups in total. The van der Waals surface area contributed by atoms with Gasteiger partial charge in [0.15, 0.2) is 0 Å². The molecule has 1 aromatic rings. The second-order valence-corrected chi connectivity index (χ2v) is 3.78. The van der Waals surface area contributed by atoms with Crippen LogP contribution in [0.2, 0.25) is 5.02 Å². The summed E-state index contributed by atoms with van der Waals surface area (Å²) in [5.74, 6) is -0.909. The van der Waals surface area contributed by atoms with Crippen molar-refractivity contribution in [2.75, 3.05) is 0 Å². The van der Waals surface area contributed by atoms with Crippen molar-refractivity contribution in [1.29, 1.82) is 0 Å². The van der Waals surface area contributed by atoms with Gasteiger partial charge in [-0.05, 0) is 37.0 Å². The van der Waals surface area contributed by atoms with E-state index in [1.807, 2.05) is 6.92 Å². The van der Waals surface area contributed by atoms with Crippen LogP contribution in [-0.4, -0.2) is 11.1 Å². The van der Waals surface area contributed by atoms with Crippen molar-refractivity contribution in [3.8, 4) is 0 Å². The Balaban J connectivity index is 2.87. The van der Waals surface area contributed by atoms with Crippen LogP contribution < -0.4 is 0 Å². The number of aromatic carboxylic acids is 1. The van der Waals surface area contributed by atoms with Gasteiger partial charge in [-0.15, -0.1) is 0 Å². The zero-order valence-electron chi connectivity index (χ0n) is 8.66. The quantitative estimate of drug-likeness (QED) is 0.778. The topological polar surface area (TPSA) is 37.3 Å². The van der Waals surface area contributed by atoms with Crippen molar-refractivity contribution in [3.05, 3.63) is 40.8 Å². The molecule has 0 aromatic heterocycles. The van der Waals surface area contributed by atoms with Crippen molar-refractivity contribution in [2.24, 2.45) is 0 Å². The third-order valence-corrected chi connectivity index (χ3v) is 2.62. The van der Waals surface area contributed by atoms with E-state index >= 15 is 0 Å². The highest BCUT2D eigenvalue weighted by Crippen LogP contribution is 2.22. The van der Waals surface area contributed by atoms with Gasteiger partial charge < -0.3 is 5.11 Å². The minimum absolute atomic E-state index is 0.318. The van der Waals surface area contributed by atoms with Gasteiger partial charge in [0.1, 0.15) is 0 Å². The van der Waals surface area contributed by atoms with Crippen LogP contribution in [0.15, 0.2) is 18.2 Å². The fourth-order valence-electron chi connectivity index (χ4n) is 1.50. The average molecular weight is 226 g/mol. The lowest BCUT2D eigenvalue weighted by atomic mass is 10.0. The molecule has 1 aromatic carbocycles. The molecular weight excluding hydrogens is 212 g/mol. The van der Waals surface area contributed by atoms with E-state index in [0.717, 1.165) is 18.4 Å². The minimum atomic E-state index is -0.909. The number of halogens is 1. The van der Waals surface area contributed by atoms with Crippen molar-refractivity contribution in [2.45, 2.75) is 26.2 Å². The lowest BCUT2D eigenvalue weighted by Gasteiger charge is -2.07. The summed E-state index contributed by atoms with van der Waals surface area (Å²) >= 11 is 5.98. The smallest absolute Gasteiger partial charge is 0.336 e. The standard InChI is InChI=1S/C12H14ClO2/c1-2-3-4-6-9-10(12(14)15)7-5-8-11(9)13/h2,5,7-8H,3-4,6H2,1H3,(H,14,15). The molecular formula is C12H14ClO2. The number of carboxylic acid groups (broad SMARTS) is 1. The van der Waals surface area contributed by atoms with Crippen LogP contribution >= 0.6 is 11.6 Å². The van der Waals surface area contributed by atoms with Crippen molar-refractivity contribution in [3.63, 3.8) is 0 Å². The van der Waals surface area contributed by atoms with Crippen LogP contribution in [0.25, 0.3) is 0 Å². The molecule has 0 heterocycles. The van der Waals surface area contributed by atoms with Crippen LogP contribution in [0.1, 0.15) is 35.7 Å². The zero-order chi connectivity index (χ0) is 11.3. The summed E-state index contributed by atoms with van der Waals surface area (Å²) in [7, 11) is 0. The molecule has 0 aliphatic heterocycles. The predicted octanol–water partition coefficient (Wildman–Crippen LogP) is 3.59. The molecule has 3 heteroatoms. The lowest BCUT2D eigenvalue weighted by molar-refractivity contribution is 0.0695. The molecule has 0 atom stereocenters. The molecule has 15 heavy (non-hydrogen) atoms. The monoisotopic (exact) mass is 225 g/mol. The highest BCUT2D eigenvalue weighted by molar-refractivity contribution is 6.31. The Hall–Kier alpha value is -1.02. The summed E-state index contributed by atoms with van der Waals surface area (Å²) in [4.78, 5) is 10.9. The predicted molar refractivity (Wildman–Crippen MR) is 61.3 cm³/mol. The maximum absolute atomic E-state index is 10.9. The molecule has 0 saturated heterocycles. The molecule has 0 aliphatic rings. The van der Waals surface area contributed by atoms with Crippen LogP contribution in [0.5, 0.6) is 0 Å². The SMILES string of the molecule is C[CH]CCCc1c(Cl)cccc1C(=O)O. The van der Waals surface area contributed by atoms with E-state index in [0.29, 0.717) is 17.0 Å². The first kappa shape index (κ1) is 12.1. The largest absolute Gasteiger partial charge is 0.478 e. The molecule has 0 amide bonds. The summed E-state index contributed by atoms with van der Waals surface area (Å²) in [5.41, 5.74) is 1.06. The minimum Gasteiger partial charge on any atom is -0.478 e. The maximum atomic E-state index is 10.9. The van der Waals surface area contributed by atoms with Gasteiger partial charge in [0.25, 0.3) is 0 Å². The molecule has 0 saturated carbocycles. The van der Waals surface area contributed by atoms with E-state index in [1.54, 1.807) is 18.2 Å². The molecule has 0 fully saturated rings. The van der Waals surface area contributed by atoms with E-state index < -0.39 is 5.97 Å². The lowest BCUT2D eigenvalue weighted by Crippen LogP contribution is -2.03. The number of benzene rings is 1. The summed E-state index contributed by atoms with van der Waals surface area (Å²) in [6.07, 6.45) is 4.69. The Morgan fingerprint density at radius 3 is 2.87 bits per heavy atom. The normalized spacial score (nSPS) is 10.3. The average Bonchev–Trinajstić information content (AvgIpc) is 2.20. The summed E-state index contributed by atoms with van der Waals surface area (Å²) < 4.78 is 0. The van der Waals surface area contributed by atoms with Crippen molar-refractivity contribution < 1.29 is 9.90 Å². The van der Waals surface area contributed by atoms with Crippen LogP contribution in [-0.2, 0) is 6.42 Å². The third kappa shape index (κ3) is 3.24. The van der Waals surface area contributed by atoms with Gasteiger partial charge in [0.2, 0.25) is 0 Å². The highest BCUT2D eigenvalue weighted by Gasteiger charge is 2.11. The Bertz CT molecular complexity index is 347. The molecule has 2 nitrogen and oxygen atoms in total. The van der Waals surface area contributed by atoms with Gasteiger partial charge >= 0.3 is 5.97 Å². The Labute approximate surface area is 94.9 Å². The van der Waals surface area contributed by atoms with E-state index in [-0.39, 0.29) is 0 Å². The van der Waals surface area contributed by atoms with Gasteiger partial charge in [0, 0.05) is 5.02 Å². The molecule has 1 rings (SSSR count). The van der Waals surface area contributed by atoms with Gasteiger partial charge in [-0.1, -0.05) is 31.0 Å². The van der Waals surface area contributed by atoms with Gasteiger partial charge in [-0.25, -0.2) is 4.79 Å².